The zero-order valence-electron chi connectivity index (χ0n) is 16.8. The van der Waals surface area contributed by atoms with Gasteiger partial charge in [0.15, 0.2) is 0 Å². The molecule has 0 saturated heterocycles. The summed E-state index contributed by atoms with van der Waals surface area (Å²) in [6.45, 7) is 1.92. The van der Waals surface area contributed by atoms with Crippen LogP contribution < -0.4 is 19.5 Å². The second-order valence-electron chi connectivity index (χ2n) is 6.49. The number of amides is 1. The molecule has 0 unspecified atom stereocenters. The molecule has 156 valence electrons. The van der Waals surface area contributed by atoms with Gasteiger partial charge in [-0.15, -0.1) is 0 Å². The van der Waals surface area contributed by atoms with Gasteiger partial charge in [0, 0.05) is 5.56 Å². The van der Waals surface area contributed by atoms with Crippen molar-refractivity contribution in [3.63, 3.8) is 0 Å². The van der Waals surface area contributed by atoms with E-state index >= 15 is 0 Å². The third-order valence-corrected chi connectivity index (χ3v) is 5.76. The molecule has 0 spiro atoms. The van der Waals surface area contributed by atoms with Gasteiger partial charge in [-0.2, -0.15) is 0 Å². The van der Waals surface area contributed by atoms with Crippen molar-refractivity contribution in [2.45, 2.75) is 11.8 Å². The number of hydrogen-bond donors (Lipinski definition) is 2. The third-order valence-electron chi connectivity index (χ3n) is 4.39. The number of para-hydroxylation sites is 2. The van der Waals surface area contributed by atoms with Crippen LogP contribution in [-0.4, -0.2) is 28.5 Å². The fraction of sp³-hybridized carbons (Fsp3) is 0.136. The zero-order chi connectivity index (χ0) is 21.7. The summed E-state index contributed by atoms with van der Waals surface area (Å²) in [5, 5.41) is 2.72. The van der Waals surface area contributed by atoms with E-state index in [-0.39, 0.29) is 16.5 Å². The predicted octanol–water partition coefficient (Wildman–Crippen LogP) is 4.07. The number of methoxy groups -OCH3 is 2. The molecule has 1 amide bonds. The smallest absolute Gasteiger partial charge is 0.262 e. The van der Waals surface area contributed by atoms with Crippen LogP contribution in [0, 0.1) is 6.92 Å². The fourth-order valence-electron chi connectivity index (χ4n) is 2.78. The molecule has 3 aromatic rings. The van der Waals surface area contributed by atoms with Crippen molar-refractivity contribution in [2.24, 2.45) is 0 Å². The Morgan fingerprint density at radius 2 is 1.47 bits per heavy atom. The lowest BCUT2D eigenvalue weighted by Gasteiger charge is -2.14. The number of benzene rings is 3. The van der Waals surface area contributed by atoms with E-state index in [1.807, 2.05) is 19.1 Å². The number of sulfonamides is 1. The van der Waals surface area contributed by atoms with Crippen molar-refractivity contribution >= 4 is 27.3 Å². The van der Waals surface area contributed by atoms with E-state index in [9.17, 15) is 13.2 Å². The Balaban J connectivity index is 1.91. The molecular weight excluding hydrogens is 404 g/mol. The first-order valence-electron chi connectivity index (χ1n) is 9.06. The molecule has 0 atom stereocenters. The minimum atomic E-state index is -3.94. The Labute approximate surface area is 175 Å². The molecule has 2 N–H and O–H groups in total. The topological polar surface area (TPSA) is 93.7 Å². The van der Waals surface area contributed by atoms with Gasteiger partial charge in [0.05, 0.1) is 30.5 Å². The lowest BCUT2D eigenvalue weighted by molar-refractivity contribution is 0.102. The average Bonchev–Trinajstić information content (AvgIpc) is 2.74. The number of hydrogen-bond acceptors (Lipinski definition) is 5. The highest BCUT2D eigenvalue weighted by molar-refractivity contribution is 7.92. The third kappa shape index (κ3) is 4.72. The van der Waals surface area contributed by atoms with Gasteiger partial charge in [0.1, 0.15) is 11.5 Å². The largest absolute Gasteiger partial charge is 0.495 e. The second-order valence-corrected chi connectivity index (χ2v) is 8.17. The predicted molar refractivity (Wildman–Crippen MR) is 116 cm³/mol. The van der Waals surface area contributed by atoms with E-state index in [2.05, 4.69) is 10.0 Å². The van der Waals surface area contributed by atoms with Gasteiger partial charge >= 0.3 is 0 Å². The molecule has 0 aromatic heterocycles. The van der Waals surface area contributed by atoms with Crippen LogP contribution in [0.5, 0.6) is 11.5 Å². The molecule has 0 aliphatic heterocycles. The van der Waals surface area contributed by atoms with E-state index in [1.54, 1.807) is 36.4 Å². The van der Waals surface area contributed by atoms with Crippen LogP contribution in [0.2, 0.25) is 0 Å². The lowest BCUT2D eigenvalue weighted by atomic mass is 10.1. The number of carbonyl (C=O) groups is 1. The molecule has 8 heteroatoms. The van der Waals surface area contributed by atoms with Gasteiger partial charge in [0.2, 0.25) is 0 Å². The van der Waals surface area contributed by atoms with E-state index in [1.165, 1.54) is 32.4 Å². The van der Waals surface area contributed by atoms with Gasteiger partial charge in [-0.05, 0) is 49.4 Å². The Morgan fingerprint density at radius 3 is 2.13 bits per heavy atom. The standard InChI is InChI=1S/C22H22N2O5S/c1-15-8-10-16(11-9-15)22(25)23-19-14-17(12-13-21(19)29-3)30(26,27)24-18-6-4-5-7-20(18)28-2/h4-14,24H,1-3H3,(H,23,25). The Kier molecular flexibility index (Phi) is 6.27. The van der Waals surface area contributed by atoms with E-state index in [0.29, 0.717) is 22.7 Å². The Bertz CT molecular complexity index is 1160. The minimum absolute atomic E-state index is 0.0339. The maximum absolute atomic E-state index is 12.9. The van der Waals surface area contributed by atoms with Gasteiger partial charge in [0.25, 0.3) is 15.9 Å². The van der Waals surface area contributed by atoms with Crippen molar-refractivity contribution in [2.75, 3.05) is 24.3 Å². The number of anilines is 2. The van der Waals surface area contributed by atoms with Crippen molar-refractivity contribution < 1.29 is 22.7 Å². The average molecular weight is 426 g/mol. The SMILES string of the molecule is COc1ccc(S(=O)(=O)Nc2ccccc2OC)cc1NC(=O)c1ccc(C)cc1. The van der Waals surface area contributed by atoms with E-state index < -0.39 is 10.0 Å². The van der Waals surface area contributed by atoms with E-state index in [0.717, 1.165) is 5.56 Å². The van der Waals surface area contributed by atoms with Crippen LogP contribution in [0.4, 0.5) is 11.4 Å². The molecule has 3 aromatic carbocycles. The summed E-state index contributed by atoms with van der Waals surface area (Å²) in [6, 6.07) is 18.0. The van der Waals surface area contributed by atoms with Gasteiger partial charge in [-0.3, -0.25) is 9.52 Å². The van der Waals surface area contributed by atoms with Crippen molar-refractivity contribution in [1.29, 1.82) is 0 Å². The number of carbonyl (C=O) groups excluding carboxylic acids is 1. The highest BCUT2D eigenvalue weighted by atomic mass is 32.2. The summed E-state index contributed by atoms with van der Waals surface area (Å²) in [5.74, 6) is 0.356. The summed E-state index contributed by atoms with van der Waals surface area (Å²) < 4.78 is 38.8. The van der Waals surface area contributed by atoms with Crippen LogP contribution in [-0.2, 0) is 10.0 Å². The van der Waals surface area contributed by atoms with Crippen molar-refractivity contribution in [1.82, 2.24) is 0 Å². The summed E-state index contributed by atoms with van der Waals surface area (Å²) >= 11 is 0. The second kappa shape index (κ2) is 8.87. The summed E-state index contributed by atoms with van der Waals surface area (Å²) in [7, 11) is -1.04. The number of ether oxygens (including phenoxy) is 2. The monoisotopic (exact) mass is 426 g/mol. The highest BCUT2D eigenvalue weighted by Crippen LogP contribution is 2.31. The summed E-state index contributed by atoms with van der Waals surface area (Å²) in [5.41, 5.74) is 2.02. The number of rotatable bonds is 7. The first kappa shape index (κ1) is 21.2. The normalized spacial score (nSPS) is 10.9. The number of nitrogens with one attached hydrogen (secondary N) is 2. The van der Waals surface area contributed by atoms with Crippen LogP contribution >= 0.6 is 0 Å². The van der Waals surface area contributed by atoms with Crippen molar-refractivity contribution in [3.8, 4) is 11.5 Å². The van der Waals surface area contributed by atoms with E-state index in [4.69, 9.17) is 9.47 Å². The summed E-state index contributed by atoms with van der Waals surface area (Å²) in [6.07, 6.45) is 0. The Morgan fingerprint density at radius 1 is 0.833 bits per heavy atom. The van der Waals surface area contributed by atoms with Gasteiger partial charge < -0.3 is 14.8 Å². The molecule has 0 aliphatic rings. The highest BCUT2D eigenvalue weighted by Gasteiger charge is 2.19. The lowest BCUT2D eigenvalue weighted by Crippen LogP contribution is -2.16. The van der Waals surface area contributed by atoms with Gasteiger partial charge in [-0.25, -0.2) is 8.42 Å². The van der Waals surface area contributed by atoms with Crippen molar-refractivity contribution in [3.05, 3.63) is 77.9 Å². The molecule has 7 nitrogen and oxygen atoms in total. The molecule has 30 heavy (non-hydrogen) atoms. The quantitative estimate of drug-likeness (QED) is 0.594. The molecule has 0 saturated carbocycles. The van der Waals surface area contributed by atoms with Gasteiger partial charge in [-0.1, -0.05) is 29.8 Å². The van der Waals surface area contributed by atoms with Crippen LogP contribution in [0.15, 0.2) is 71.6 Å². The fourth-order valence-corrected chi connectivity index (χ4v) is 3.88. The minimum Gasteiger partial charge on any atom is -0.495 e. The molecule has 0 heterocycles. The van der Waals surface area contributed by atoms with Crippen LogP contribution in [0.1, 0.15) is 15.9 Å². The molecular formula is C22H22N2O5S. The maximum Gasteiger partial charge on any atom is 0.262 e. The summed E-state index contributed by atoms with van der Waals surface area (Å²) in [4.78, 5) is 12.5. The molecule has 0 aliphatic carbocycles. The first-order valence-corrected chi connectivity index (χ1v) is 10.5. The van der Waals surface area contributed by atoms with Crippen LogP contribution in [0.25, 0.3) is 0 Å². The first-order chi connectivity index (χ1) is 14.3. The molecule has 0 radical (unpaired) electrons. The maximum atomic E-state index is 12.9. The number of aryl methyl sites for hydroxylation is 1. The molecule has 0 fully saturated rings. The Hall–Kier alpha value is -3.52. The molecule has 3 rings (SSSR count). The zero-order valence-corrected chi connectivity index (χ0v) is 17.6. The van der Waals surface area contributed by atoms with Crippen LogP contribution in [0.3, 0.4) is 0 Å². The molecule has 0 bridgehead atoms.